The van der Waals surface area contributed by atoms with Crippen molar-refractivity contribution in [3.63, 3.8) is 0 Å². The summed E-state index contributed by atoms with van der Waals surface area (Å²) in [5, 5.41) is 0. The lowest BCUT2D eigenvalue weighted by Gasteiger charge is -2.03. The topological polar surface area (TPSA) is 43.4 Å². The number of aryl methyl sites for hydroxylation is 2. The van der Waals surface area contributed by atoms with Crippen molar-refractivity contribution < 1.29 is 14.3 Å². The van der Waals surface area contributed by atoms with Gasteiger partial charge in [-0.2, -0.15) is 0 Å². The smallest absolute Gasteiger partial charge is 0.337 e. The monoisotopic (exact) mass is 294 g/mol. The maximum Gasteiger partial charge on any atom is 0.337 e. The Balaban J connectivity index is 2.14. The van der Waals surface area contributed by atoms with Crippen molar-refractivity contribution in [2.75, 3.05) is 7.11 Å². The van der Waals surface area contributed by atoms with Crippen LogP contribution in [0.4, 0.5) is 0 Å². The molecule has 0 saturated carbocycles. The fraction of sp³-hybridized carbons (Fsp3) is 0.158. The van der Waals surface area contributed by atoms with Crippen LogP contribution in [0.1, 0.15) is 37.4 Å². The predicted molar refractivity (Wildman–Crippen MR) is 87.1 cm³/mol. The highest BCUT2D eigenvalue weighted by molar-refractivity contribution is 6.07. The van der Waals surface area contributed by atoms with Crippen molar-refractivity contribution in [2.24, 2.45) is 0 Å². The lowest BCUT2D eigenvalue weighted by atomic mass is 10.0. The number of methoxy groups -OCH3 is 1. The molecule has 22 heavy (non-hydrogen) atoms. The molecule has 0 aliphatic rings. The van der Waals surface area contributed by atoms with Gasteiger partial charge in [0.25, 0.3) is 0 Å². The van der Waals surface area contributed by atoms with Gasteiger partial charge in [-0.1, -0.05) is 42.0 Å². The van der Waals surface area contributed by atoms with E-state index >= 15 is 0 Å². The normalized spacial score (nSPS) is 10.7. The lowest BCUT2D eigenvalue weighted by Crippen LogP contribution is -2.00. The van der Waals surface area contributed by atoms with Gasteiger partial charge >= 0.3 is 5.97 Å². The van der Waals surface area contributed by atoms with Crippen molar-refractivity contribution in [2.45, 2.75) is 13.8 Å². The van der Waals surface area contributed by atoms with Crippen LogP contribution in [0.2, 0.25) is 0 Å². The molecule has 0 bridgehead atoms. The first-order valence-electron chi connectivity index (χ1n) is 6.99. The van der Waals surface area contributed by atoms with Crippen LogP contribution >= 0.6 is 0 Å². The zero-order chi connectivity index (χ0) is 16.1. The zero-order valence-corrected chi connectivity index (χ0v) is 12.9. The molecule has 0 amide bonds. The third-order valence-electron chi connectivity index (χ3n) is 3.41. The van der Waals surface area contributed by atoms with Crippen LogP contribution in [0.25, 0.3) is 6.08 Å². The van der Waals surface area contributed by atoms with Crippen molar-refractivity contribution in [3.05, 3.63) is 76.4 Å². The number of carbonyl (C=O) groups is 2. The van der Waals surface area contributed by atoms with Gasteiger partial charge in [0.15, 0.2) is 5.78 Å². The van der Waals surface area contributed by atoms with Gasteiger partial charge in [0, 0.05) is 5.56 Å². The molecule has 0 fully saturated rings. The maximum atomic E-state index is 12.2. The summed E-state index contributed by atoms with van der Waals surface area (Å²) in [7, 11) is 1.35. The number of hydrogen-bond donors (Lipinski definition) is 0. The predicted octanol–water partition coefficient (Wildman–Crippen LogP) is 3.99. The van der Waals surface area contributed by atoms with Crippen LogP contribution in [0, 0.1) is 13.8 Å². The summed E-state index contributed by atoms with van der Waals surface area (Å²) in [5.41, 5.74) is 4.14. The Bertz CT molecular complexity index is 725. The molecule has 0 heterocycles. The number of carbonyl (C=O) groups excluding carboxylic acids is 2. The minimum Gasteiger partial charge on any atom is -0.465 e. The Morgan fingerprint density at radius 3 is 2.27 bits per heavy atom. The average Bonchev–Trinajstić information content (AvgIpc) is 2.52. The van der Waals surface area contributed by atoms with Crippen molar-refractivity contribution in [3.8, 4) is 0 Å². The third-order valence-corrected chi connectivity index (χ3v) is 3.41. The van der Waals surface area contributed by atoms with E-state index in [2.05, 4.69) is 4.74 Å². The molecule has 2 rings (SSSR count). The van der Waals surface area contributed by atoms with E-state index in [-0.39, 0.29) is 11.8 Å². The van der Waals surface area contributed by atoms with Gasteiger partial charge < -0.3 is 4.74 Å². The van der Waals surface area contributed by atoms with Gasteiger partial charge in [-0.25, -0.2) is 4.79 Å². The molecule has 0 aliphatic carbocycles. The zero-order valence-electron chi connectivity index (χ0n) is 12.9. The van der Waals surface area contributed by atoms with E-state index in [4.69, 9.17) is 0 Å². The number of benzene rings is 2. The molecule has 0 atom stereocenters. The summed E-state index contributed by atoms with van der Waals surface area (Å²) >= 11 is 0. The molecule has 2 aromatic rings. The van der Waals surface area contributed by atoms with E-state index in [0.717, 1.165) is 16.7 Å². The maximum absolute atomic E-state index is 12.2. The molecule has 3 nitrogen and oxygen atoms in total. The molecule has 0 unspecified atom stereocenters. The van der Waals surface area contributed by atoms with E-state index in [1.165, 1.54) is 7.11 Å². The first-order chi connectivity index (χ1) is 10.5. The molecule has 3 heteroatoms. The van der Waals surface area contributed by atoms with E-state index in [1.807, 2.05) is 32.0 Å². The van der Waals surface area contributed by atoms with Crippen LogP contribution in [0.15, 0.2) is 48.5 Å². The van der Waals surface area contributed by atoms with E-state index in [0.29, 0.717) is 11.1 Å². The summed E-state index contributed by atoms with van der Waals surface area (Å²) in [6.45, 7) is 3.93. The number of hydrogen-bond acceptors (Lipinski definition) is 3. The van der Waals surface area contributed by atoms with Gasteiger partial charge in [-0.15, -0.1) is 0 Å². The Hall–Kier alpha value is -2.68. The molecule has 0 aromatic heterocycles. The van der Waals surface area contributed by atoms with Crippen molar-refractivity contribution in [1.29, 1.82) is 0 Å². The SMILES string of the molecule is COC(=O)c1ccc(/C=C/C(=O)c2ccc(C)cc2C)cc1. The average molecular weight is 294 g/mol. The van der Waals surface area contributed by atoms with Gasteiger partial charge in [0.1, 0.15) is 0 Å². The van der Waals surface area contributed by atoms with Gasteiger partial charge in [0.05, 0.1) is 12.7 Å². The second-order valence-corrected chi connectivity index (χ2v) is 5.13. The van der Waals surface area contributed by atoms with Crippen LogP contribution < -0.4 is 0 Å². The number of allylic oxidation sites excluding steroid dienone is 1. The molecule has 0 saturated heterocycles. The Kier molecular flexibility index (Phi) is 4.89. The first kappa shape index (κ1) is 15.7. The molecule has 0 aliphatic heterocycles. The highest BCUT2D eigenvalue weighted by Gasteiger charge is 2.06. The van der Waals surface area contributed by atoms with Gasteiger partial charge in [-0.3, -0.25) is 4.79 Å². The second kappa shape index (κ2) is 6.85. The lowest BCUT2D eigenvalue weighted by molar-refractivity contribution is 0.0600. The molecule has 2 aromatic carbocycles. The summed E-state index contributed by atoms with van der Waals surface area (Å²) in [4.78, 5) is 23.6. The number of ether oxygens (including phenoxy) is 1. The molecule has 112 valence electrons. The highest BCUT2D eigenvalue weighted by Crippen LogP contribution is 2.13. The highest BCUT2D eigenvalue weighted by atomic mass is 16.5. The van der Waals surface area contributed by atoms with E-state index in [1.54, 1.807) is 36.4 Å². The van der Waals surface area contributed by atoms with Crippen molar-refractivity contribution >= 4 is 17.8 Å². The minimum absolute atomic E-state index is 0.0328. The first-order valence-corrected chi connectivity index (χ1v) is 6.99. The van der Waals surface area contributed by atoms with Crippen LogP contribution in [-0.2, 0) is 4.74 Å². The summed E-state index contributed by atoms with van der Waals surface area (Å²) in [6.07, 6.45) is 3.29. The fourth-order valence-corrected chi connectivity index (χ4v) is 2.20. The Morgan fingerprint density at radius 2 is 1.68 bits per heavy atom. The molecular formula is C19H18O3. The largest absolute Gasteiger partial charge is 0.465 e. The summed E-state index contributed by atoms with van der Waals surface area (Å²) in [6, 6.07) is 12.7. The molecule has 0 N–H and O–H groups in total. The summed E-state index contributed by atoms with van der Waals surface area (Å²) in [5.74, 6) is -0.406. The molecule has 0 spiro atoms. The molecule has 0 radical (unpaired) electrons. The minimum atomic E-state index is -0.373. The van der Waals surface area contributed by atoms with Gasteiger partial charge in [-0.05, 0) is 43.2 Å². The Labute approximate surface area is 130 Å². The van der Waals surface area contributed by atoms with Crippen molar-refractivity contribution in [1.82, 2.24) is 0 Å². The molecular weight excluding hydrogens is 276 g/mol. The van der Waals surface area contributed by atoms with E-state index in [9.17, 15) is 9.59 Å². The van der Waals surface area contributed by atoms with Crippen LogP contribution in [0.3, 0.4) is 0 Å². The fourth-order valence-electron chi connectivity index (χ4n) is 2.20. The number of esters is 1. The standard InChI is InChI=1S/C19H18O3/c1-13-4-10-17(14(2)12-13)18(20)11-7-15-5-8-16(9-6-15)19(21)22-3/h4-12H,1-3H3/b11-7+. The quantitative estimate of drug-likeness (QED) is 0.486. The summed E-state index contributed by atoms with van der Waals surface area (Å²) < 4.78 is 4.64. The Morgan fingerprint density at radius 1 is 1.00 bits per heavy atom. The van der Waals surface area contributed by atoms with Crippen LogP contribution in [-0.4, -0.2) is 18.9 Å². The number of rotatable bonds is 4. The van der Waals surface area contributed by atoms with Crippen LogP contribution in [0.5, 0.6) is 0 Å². The number of ketones is 1. The second-order valence-electron chi connectivity index (χ2n) is 5.13. The van der Waals surface area contributed by atoms with Gasteiger partial charge in [0.2, 0.25) is 0 Å². The van der Waals surface area contributed by atoms with E-state index < -0.39 is 0 Å². The third kappa shape index (κ3) is 3.70.